The van der Waals surface area contributed by atoms with E-state index in [9.17, 15) is 13.2 Å². The van der Waals surface area contributed by atoms with Crippen LogP contribution in [0.15, 0.2) is 29.2 Å². The summed E-state index contributed by atoms with van der Waals surface area (Å²) in [4.78, 5) is 11.9. The largest absolute Gasteiger partial charge is 0.352 e. The van der Waals surface area contributed by atoms with Crippen molar-refractivity contribution in [1.82, 2.24) is 5.32 Å². The molecule has 3 N–H and O–H groups in total. The van der Waals surface area contributed by atoms with Crippen molar-refractivity contribution >= 4 is 15.7 Å². The van der Waals surface area contributed by atoms with Gasteiger partial charge in [0.25, 0.3) is 5.91 Å². The molecule has 0 bridgehead atoms. The molecule has 0 aromatic heterocycles. The zero-order valence-corrected chi connectivity index (χ0v) is 11.3. The van der Waals surface area contributed by atoms with Gasteiger partial charge in [0.1, 0.15) is 0 Å². The maximum atomic E-state index is 11.8. The van der Waals surface area contributed by atoms with Crippen LogP contribution in [-0.4, -0.2) is 33.2 Å². The molecule has 18 heavy (non-hydrogen) atoms. The molecule has 0 aliphatic heterocycles. The fourth-order valence-corrected chi connectivity index (χ4v) is 2.05. The molecule has 0 aliphatic carbocycles. The van der Waals surface area contributed by atoms with Crippen molar-refractivity contribution in [2.45, 2.75) is 24.3 Å². The monoisotopic (exact) mass is 270 g/mol. The number of hydrogen-bond acceptors (Lipinski definition) is 4. The van der Waals surface area contributed by atoms with Gasteiger partial charge in [0.05, 0.1) is 4.90 Å². The van der Waals surface area contributed by atoms with E-state index in [0.29, 0.717) is 18.5 Å². The predicted molar refractivity (Wildman–Crippen MR) is 70.2 cm³/mol. The summed E-state index contributed by atoms with van der Waals surface area (Å²) in [5, 5.41) is 2.70. The van der Waals surface area contributed by atoms with Crippen LogP contribution in [0.4, 0.5) is 0 Å². The smallest absolute Gasteiger partial charge is 0.251 e. The second-order valence-corrected chi connectivity index (χ2v) is 6.34. The molecule has 1 aromatic rings. The Balaban J connectivity index is 2.75. The average molecular weight is 270 g/mol. The molecule has 1 aromatic carbocycles. The number of benzene rings is 1. The molecule has 1 rings (SSSR count). The van der Waals surface area contributed by atoms with Crippen molar-refractivity contribution < 1.29 is 13.2 Å². The van der Waals surface area contributed by atoms with Gasteiger partial charge in [0.15, 0.2) is 9.84 Å². The fourth-order valence-electron chi connectivity index (χ4n) is 1.38. The number of carbonyl (C=O) groups excluding carboxylic acids is 1. The van der Waals surface area contributed by atoms with E-state index in [4.69, 9.17) is 5.73 Å². The third kappa shape index (κ3) is 4.46. The van der Waals surface area contributed by atoms with Gasteiger partial charge in [-0.2, -0.15) is 0 Å². The third-order valence-corrected chi connectivity index (χ3v) is 3.52. The lowest BCUT2D eigenvalue weighted by molar-refractivity contribution is 0.0952. The lowest BCUT2D eigenvalue weighted by atomic mass is 10.2. The molecule has 0 radical (unpaired) electrons. The van der Waals surface area contributed by atoms with E-state index in [1.807, 2.05) is 6.92 Å². The number of nitrogens with two attached hydrogens (primary N) is 1. The highest BCUT2D eigenvalue weighted by Crippen LogP contribution is 2.11. The Kier molecular flexibility index (Phi) is 4.86. The average Bonchev–Trinajstić information content (AvgIpc) is 2.27. The number of amides is 1. The SMILES string of the molecule is CC(N)CCNC(=O)c1cccc(S(C)(=O)=O)c1. The highest BCUT2D eigenvalue weighted by atomic mass is 32.2. The summed E-state index contributed by atoms with van der Waals surface area (Å²) in [6.45, 7) is 2.33. The van der Waals surface area contributed by atoms with E-state index in [-0.39, 0.29) is 16.8 Å². The van der Waals surface area contributed by atoms with Crippen LogP contribution >= 0.6 is 0 Å². The minimum Gasteiger partial charge on any atom is -0.352 e. The van der Waals surface area contributed by atoms with Gasteiger partial charge in [-0.25, -0.2) is 8.42 Å². The molecule has 5 nitrogen and oxygen atoms in total. The van der Waals surface area contributed by atoms with Gasteiger partial charge in [0, 0.05) is 24.4 Å². The molecule has 0 spiro atoms. The number of nitrogens with one attached hydrogen (secondary N) is 1. The number of hydrogen-bond donors (Lipinski definition) is 2. The van der Waals surface area contributed by atoms with Crippen LogP contribution in [0, 0.1) is 0 Å². The Morgan fingerprint density at radius 2 is 2.11 bits per heavy atom. The van der Waals surface area contributed by atoms with Gasteiger partial charge in [-0.3, -0.25) is 4.79 Å². The van der Waals surface area contributed by atoms with Gasteiger partial charge in [-0.15, -0.1) is 0 Å². The molecule has 1 unspecified atom stereocenters. The molecule has 6 heteroatoms. The maximum absolute atomic E-state index is 11.8. The second kappa shape index (κ2) is 5.97. The molecule has 100 valence electrons. The summed E-state index contributed by atoms with van der Waals surface area (Å²) in [5.74, 6) is -0.291. The van der Waals surface area contributed by atoms with E-state index >= 15 is 0 Å². The number of carbonyl (C=O) groups is 1. The standard InChI is InChI=1S/C12H18N2O3S/c1-9(13)6-7-14-12(15)10-4-3-5-11(8-10)18(2,16)17/h3-5,8-9H,6-7,13H2,1-2H3,(H,14,15). The lowest BCUT2D eigenvalue weighted by Crippen LogP contribution is -2.29. The van der Waals surface area contributed by atoms with Crippen molar-refractivity contribution in [2.24, 2.45) is 5.73 Å². The molecule has 1 atom stereocenters. The number of sulfone groups is 1. The molecule has 1 amide bonds. The zero-order chi connectivity index (χ0) is 13.8. The van der Waals surface area contributed by atoms with Crippen LogP contribution in [0.2, 0.25) is 0 Å². The first-order chi connectivity index (χ1) is 8.30. The minimum atomic E-state index is -3.29. The Labute approximate surface area is 107 Å². The topological polar surface area (TPSA) is 89.3 Å². The van der Waals surface area contributed by atoms with Crippen LogP contribution < -0.4 is 11.1 Å². The molecule has 0 saturated carbocycles. The van der Waals surface area contributed by atoms with E-state index in [1.54, 1.807) is 12.1 Å². The second-order valence-electron chi connectivity index (χ2n) is 4.32. The van der Waals surface area contributed by atoms with Gasteiger partial charge < -0.3 is 11.1 Å². The van der Waals surface area contributed by atoms with Crippen LogP contribution in [0.25, 0.3) is 0 Å². The van der Waals surface area contributed by atoms with Gasteiger partial charge in [0.2, 0.25) is 0 Å². The molecule has 0 heterocycles. The van der Waals surface area contributed by atoms with Gasteiger partial charge in [-0.05, 0) is 31.5 Å². The van der Waals surface area contributed by atoms with E-state index in [0.717, 1.165) is 6.26 Å². The van der Waals surface area contributed by atoms with Crippen LogP contribution in [0.3, 0.4) is 0 Å². The summed E-state index contributed by atoms with van der Waals surface area (Å²) in [6, 6.07) is 5.99. The maximum Gasteiger partial charge on any atom is 0.251 e. The van der Waals surface area contributed by atoms with Crippen molar-refractivity contribution in [3.63, 3.8) is 0 Å². The van der Waals surface area contributed by atoms with Crippen LogP contribution in [0.1, 0.15) is 23.7 Å². The fraction of sp³-hybridized carbons (Fsp3) is 0.417. The molecule has 0 aliphatic rings. The molecule has 0 fully saturated rings. The summed E-state index contributed by atoms with van der Waals surface area (Å²) in [6.07, 6.45) is 1.79. The normalized spacial score (nSPS) is 13.1. The molecular formula is C12H18N2O3S. The number of rotatable bonds is 5. The Morgan fingerprint density at radius 3 is 2.67 bits per heavy atom. The van der Waals surface area contributed by atoms with Gasteiger partial charge in [-0.1, -0.05) is 6.07 Å². The van der Waals surface area contributed by atoms with E-state index in [2.05, 4.69) is 5.32 Å². The van der Waals surface area contributed by atoms with E-state index < -0.39 is 9.84 Å². The Morgan fingerprint density at radius 1 is 1.44 bits per heavy atom. The van der Waals surface area contributed by atoms with Gasteiger partial charge >= 0.3 is 0 Å². The Hall–Kier alpha value is -1.40. The molecule has 0 saturated heterocycles. The van der Waals surface area contributed by atoms with Crippen molar-refractivity contribution in [2.75, 3.05) is 12.8 Å². The van der Waals surface area contributed by atoms with Crippen molar-refractivity contribution in [3.05, 3.63) is 29.8 Å². The minimum absolute atomic E-state index is 0.0210. The summed E-state index contributed by atoms with van der Waals surface area (Å²) < 4.78 is 22.7. The van der Waals surface area contributed by atoms with E-state index in [1.165, 1.54) is 12.1 Å². The summed E-state index contributed by atoms with van der Waals surface area (Å²) >= 11 is 0. The highest BCUT2D eigenvalue weighted by molar-refractivity contribution is 7.90. The highest BCUT2D eigenvalue weighted by Gasteiger charge is 2.11. The van der Waals surface area contributed by atoms with Crippen LogP contribution in [0.5, 0.6) is 0 Å². The van der Waals surface area contributed by atoms with Crippen molar-refractivity contribution in [1.29, 1.82) is 0 Å². The Bertz CT molecular complexity index is 524. The first kappa shape index (κ1) is 14.7. The van der Waals surface area contributed by atoms with Crippen molar-refractivity contribution in [3.8, 4) is 0 Å². The summed E-state index contributed by atoms with van der Waals surface area (Å²) in [5.41, 5.74) is 5.90. The lowest BCUT2D eigenvalue weighted by Gasteiger charge is -2.08. The quantitative estimate of drug-likeness (QED) is 0.818. The molecular weight excluding hydrogens is 252 g/mol. The first-order valence-corrected chi connectivity index (χ1v) is 7.54. The summed E-state index contributed by atoms with van der Waals surface area (Å²) in [7, 11) is -3.29. The zero-order valence-electron chi connectivity index (χ0n) is 10.5. The third-order valence-electron chi connectivity index (χ3n) is 2.41. The van der Waals surface area contributed by atoms with Crippen LogP contribution in [-0.2, 0) is 9.84 Å². The predicted octanol–water partition coefficient (Wildman–Crippen LogP) is 0.557. The first-order valence-electron chi connectivity index (χ1n) is 5.64.